The summed E-state index contributed by atoms with van der Waals surface area (Å²) in [5.41, 5.74) is 2.62. The van der Waals surface area contributed by atoms with Crippen molar-refractivity contribution in [3.8, 4) is 17.2 Å². The van der Waals surface area contributed by atoms with E-state index in [0.29, 0.717) is 0 Å². The van der Waals surface area contributed by atoms with Gasteiger partial charge in [-0.1, -0.05) is 5.16 Å². The summed E-state index contributed by atoms with van der Waals surface area (Å²) >= 11 is 0.623. The molecule has 0 saturated heterocycles. The zero-order valence-electron chi connectivity index (χ0n) is 16.9. The fourth-order valence-electron chi connectivity index (χ4n) is 1.95. The van der Waals surface area contributed by atoms with Crippen molar-refractivity contribution in [1.82, 2.24) is 29.7 Å². The van der Waals surface area contributed by atoms with Gasteiger partial charge in [0.2, 0.25) is 17.3 Å². The number of hydrogen-bond donors (Lipinski definition) is 3. The molecule has 180 valence electrons. The van der Waals surface area contributed by atoms with E-state index < -0.39 is 28.9 Å². The molecule has 0 fully saturated rings. The first-order chi connectivity index (χ1) is 15.6. The van der Waals surface area contributed by atoms with Crippen LogP contribution in [-0.4, -0.2) is 72.1 Å². The van der Waals surface area contributed by atoms with Gasteiger partial charge in [-0.25, -0.2) is 33.4 Å². The number of anilines is 1. The van der Waals surface area contributed by atoms with Gasteiger partial charge >= 0.3 is 11.8 Å². The minimum atomic E-state index is -2.41. The van der Waals surface area contributed by atoms with Crippen LogP contribution in [0.4, 0.5) is 15.0 Å². The molecule has 1 aromatic carbocycles. The summed E-state index contributed by atoms with van der Waals surface area (Å²) in [4.78, 5) is 27.8. The molecule has 2 heterocycles. The van der Waals surface area contributed by atoms with Crippen LogP contribution in [-0.2, 0) is 16.1 Å². The van der Waals surface area contributed by atoms with E-state index in [1.807, 2.05) is 0 Å². The van der Waals surface area contributed by atoms with Crippen molar-refractivity contribution in [2.24, 2.45) is 0 Å². The van der Waals surface area contributed by atoms with Gasteiger partial charge < -0.3 is 14.6 Å². The van der Waals surface area contributed by atoms with Gasteiger partial charge in [-0.3, -0.25) is 13.6 Å². The minimum Gasteiger partial charge on any atom is -0.760 e. The van der Waals surface area contributed by atoms with Crippen LogP contribution in [0.2, 0.25) is 0 Å². The number of aromatic nitrogens is 4. The average molecular weight is 553 g/mol. The molecule has 1 amide bonds. The van der Waals surface area contributed by atoms with Crippen molar-refractivity contribution < 1.29 is 37.0 Å². The third-order valence-corrected chi connectivity index (χ3v) is 4.49. The number of nitrogens with zero attached hydrogens (tertiary/aromatic N) is 5. The van der Waals surface area contributed by atoms with Crippen molar-refractivity contribution >= 4 is 39.1 Å². The monoisotopic (exact) mass is 552 g/mol. The van der Waals surface area contributed by atoms with Crippen LogP contribution in [0.15, 0.2) is 36.6 Å². The quantitative estimate of drug-likeness (QED) is 0.201. The number of hydrogen-bond acceptors (Lipinski definition) is 11. The highest BCUT2D eigenvalue weighted by molar-refractivity contribution is 9.10. The highest BCUT2D eigenvalue weighted by Crippen LogP contribution is 2.26. The topological polar surface area (TPSA) is 201 Å². The van der Waals surface area contributed by atoms with Gasteiger partial charge in [0.15, 0.2) is 0 Å². The van der Waals surface area contributed by atoms with Gasteiger partial charge in [0.1, 0.15) is 5.82 Å². The molecule has 0 saturated carbocycles. The molecule has 0 aliphatic heterocycles. The van der Waals surface area contributed by atoms with Gasteiger partial charge in [-0.05, 0) is 44.4 Å². The zero-order chi connectivity index (χ0) is 24.5. The van der Waals surface area contributed by atoms with Gasteiger partial charge in [-0.15, -0.1) is 0 Å². The second kappa shape index (κ2) is 12.2. The highest BCUT2D eigenvalue weighted by atomic mass is 79.9. The molecule has 0 spiro atoms. The number of carbonyl (C=O) groups is 1. The summed E-state index contributed by atoms with van der Waals surface area (Å²) in [6, 6.07) is 3.84. The number of carboxylic acid groups (broad SMARTS) is 1. The molecule has 3 aromatic rings. The summed E-state index contributed by atoms with van der Waals surface area (Å²) in [7, 11) is 2.95. The SMILES string of the molecule is CN(C)C(=O)O.O=c1onc(-c2nonc2NOCCNS(=O)[O-])n1-c1ccc(F)c(Br)c1. The van der Waals surface area contributed by atoms with Gasteiger partial charge in [-0.2, -0.15) is 0 Å². The van der Waals surface area contributed by atoms with E-state index in [2.05, 4.69) is 50.8 Å². The Balaban J connectivity index is 0.000000569. The van der Waals surface area contributed by atoms with Gasteiger partial charge in [0, 0.05) is 31.9 Å². The van der Waals surface area contributed by atoms with E-state index >= 15 is 0 Å². The molecule has 3 rings (SSSR count). The molecule has 15 nitrogen and oxygen atoms in total. The highest BCUT2D eigenvalue weighted by Gasteiger charge is 2.23. The van der Waals surface area contributed by atoms with Crippen LogP contribution in [0.25, 0.3) is 17.2 Å². The molecule has 18 heteroatoms. The Bertz CT molecular complexity index is 1170. The number of rotatable bonds is 8. The lowest BCUT2D eigenvalue weighted by atomic mass is 10.3. The number of benzene rings is 1. The Morgan fingerprint density at radius 1 is 1.39 bits per heavy atom. The Hall–Kier alpha value is -3.19. The lowest BCUT2D eigenvalue weighted by Crippen LogP contribution is -2.22. The molecule has 0 radical (unpaired) electrons. The van der Waals surface area contributed by atoms with E-state index in [1.165, 1.54) is 26.2 Å². The van der Waals surface area contributed by atoms with Crippen LogP contribution in [0.3, 0.4) is 0 Å². The average Bonchev–Trinajstić information content (AvgIpc) is 3.36. The molecule has 1 atom stereocenters. The molecular weight excluding hydrogens is 537 g/mol. The first-order valence-electron chi connectivity index (χ1n) is 8.59. The third-order valence-electron chi connectivity index (χ3n) is 3.44. The Kier molecular flexibility index (Phi) is 9.60. The summed E-state index contributed by atoms with van der Waals surface area (Å²) in [5.74, 6) is -1.48. The van der Waals surface area contributed by atoms with Crippen molar-refractivity contribution in [1.29, 1.82) is 0 Å². The van der Waals surface area contributed by atoms with E-state index in [0.717, 1.165) is 15.5 Å². The molecule has 33 heavy (non-hydrogen) atoms. The summed E-state index contributed by atoms with van der Waals surface area (Å²) in [6.45, 7) is -0.0428. The number of halogens is 2. The molecule has 0 bridgehead atoms. The van der Waals surface area contributed by atoms with E-state index in [9.17, 15) is 22.7 Å². The van der Waals surface area contributed by atoms with Crippen molar-refractivity contribution in [3.05, 3.63) is 39.0 Å². The fraction of sp³-hybridized carbons (Fsp3) is 0.267. The molecular formula is C15H16BrFN7O8S-. The standard InChI is InChI=1S/C12H10BrFN6O6S.C3H7NO2/c13-7-5-6(1-2-8(7)14)20-11(19-25-12(20)21)9-10(18-26-16-9)17-24-4-3-15-27(22)23;1-4(2)3(5)6/h1-2,5,15H,3-4H2,(H,17,18)(H,22,23);1-2H3,(H,5,6)/p-1. The summed E-state index contributed by atoms with van der Waals surface area (Å²) in [6.07, 6.45) is -0.907. The smallest absolute Gasteiger partial charge is 0.446 e. The minimum absolute atomic E-state index is 0.00198. The van der Waals surface area contributed by atoms with E-state index in [-0.39, 0.29) is 40.6 Å². The van der Waals surface area contributed by atoms with Crippen LogP contribution >= 0.6 is 15.9 Å². The normalized spacial score (nSPS) is 11.4. The molecule has 0 aliphatic rings. The van der Waals surface area contributed by atoms with Crippen molar-refractivity contribution in [2.75, 3.05) is 32.7 Å². The van der Waals surface area contributed by atoms with Crippen LogP contribution in [0, 0.1) is 5.82 Å². The summed E-state index contributed by atoms with van der Waals surface area (Å²) < 4.78 is 46.7. The van der Waals surface area contributed by atoms with Gasteiger partial charge in [0.05, 0.1) is 16.8 Å². The maximum absolute atomic E-state index is 13.5. The first kappa shape index (κ1) is 26.1. The first-order valence-corrected chi connectivity index (χ1v) is 10.5. The lowest BCUT2D eigenvalue weighted by molar-refractivity contribution is 0.165. The van der Waals surface area contributed by atoms with Crippen LogP contribution < -0.4 is 16.0 Å². The Morgan fingerprint density at radius 2 is 2.09 bits per heavy atom. The van der Waals surface area contributed by atoms with Crippen molar-refractivity contribution in [3.63, 3.8) is 0 Å². The van der Waals surface area contributed by atoms with Crippen LogP contribution in [0.1, 0.15) is 0 Å². The Morgan fingerprint density at radius 3 is 2.70 bits per heavy atom. The summed E-state index contributed by atoms with van der Waals surface area (Å²) in [5, 5.41) is 18.8. The number of nitrogens with one attached hydrogen (secondary N) is 2. The maximum Gasteiger partial charge on any atom is 0.446 e. The predicted octanol–water partition coefficient (Wildman–Crippen LogP) is 0.730. The van der Waals surface area contributed by atoms with E-state index in [4.69, 9.17) is 9.94 Å². The zero-order valence-corrected chi connectivity index (χ0v) is 19.3. The lowest BCUT2D eigenvalue weighted by Gasteiger charge is -2.08. The predicted molar refractivity (Wildman–Crippen MR) is 111 cm³/mol. The molecule has 1 unspecified atom stereocenters. The fourth-order valence-corrected chi connectivity index (χ4v) is 2.57. The molecule has 3 N–H and O–H groups in total. The molecule has 2 aromatic heterocycles. The second-order valence-electron chi connectivity index (χ2n) is 5.92. The largest absolute Gasteiger partial charge is 0.760 e. The van der Waals surface area contributed by atoms with Crippen LogP contribution in [0.5, 0.6) is 0 Å². The molecule has 0 aliphatic carbocycles. The van der Waals surface area contributed by atoms with E-state index in [1.54, 1.807) is 0 Å². The third kappa shape index (κ3) is 7.43. The maximum atomic E-state index is 13.5. The Labute approximate surface area is 194 Å². The van der Waals surface area contributed by atoms with Gasteiger partial charge in [0.25, 0.3) is 0 Å². The van der Waals surface area contributed by atoms with Crippen molar-refractivity contribution in [2.45, 2.75) is 0 Å². The second-order valence-corrected chi connectivity index (χ2v) is 7.54. The number of amides is 1.